The minimum Gasteiger partial charge on any atom is -0.352 e. The lowest BCUT2D eigenvalue weighted by molar-refractivity contribution is -0.140. The lowest BCUT2D eigenvalue weighted by Gasteiger charge is -2.34. The van der Waals surface area contributed by atoms with Crippen molar-refractivity contribution in [2.45, 2.75) is 38.9 Å². The van der Waals surface area contributed by atoms with Crippen LogP contribution in [0.15, 0.2) is 72.8 Å². The van der Waals surface area contributed by atoms with Crippen molar-refractivity contribution in [3.05, 3.63) is 99.0 Å². The number of amides is 2. The number of nitrogens with one attached hydrogen (secondary N) is 1. The Morgan fingerprint density at radius 1 is 0.846 bits per heavy atom. The summed E-state index contributed by atoms with van der Waals surface area (Å²) >= 11 is 19.2. The highest BCUT2D eigenvalue weighted by Crippen LogP contribution is 2.30. The number of carbonyl (C=O) groups excluding carboxylic acids is 2. The van der Waals surface area contributed by atoms with Gasteiger partial charge < -0.3 is 10.2 Å². The molecule has 0 aliphatic rings. The molecule has 0 bridgehead atoms. The summed E-state index contributed by atoms with van der Waals surface area (Å²) in [5, 5.41) is 3.68. The Kier molecular flexibility index (Phi) is 10.7. The van der Waals surface area contributed by atoms with Gasteiger partial charge in [-0.15, -0.1) is 0 Å². The third-order valence-corrected chi connectivity index (χ3v) is 8.05. The number of benzene rings is 3. The molecule has 0 aromatic heterocycles. The van der Waals surface area contributed by atoms with Gasteiger partial charge in [-0.1, -0.05) is 83.3 Å². The van der Waals surface area contributed by atoms with Gasteiger partial charge in [0.1, 0.15) is 12.6 Å². The number of sulfonamides is 1. The molecule has 0 aliphatic carbocycles. The van der Waals surface area contributed by atoms with Crippen LogP contribution in [0.5, 0.6) is 0 Å². The van der Waals surface area contributed by atoms with Gasteiger partial charge in [0.25, 0.3) is 0 Å². The first-order valence-electron chi connectivity index (χ1n) is 12.2. The maximum atomic E-state index is 14.0. The molecule has 0 fully saturated rings. The first kappa shape index (κ1) is 30.8. The molecule has 39 heavy (non-hydrogen) atoms. The van der Waals surface area contributed by atoms with Gasteiger partial charge in [-0.05, 0) is 43.7 Å². The summed E-state index contributed by atoms with van der Waals surface area (Å²) in [7, 11) is -3.93. The summed E-state index contributed by atoms with van der Waals surface area (Å²) in [4.78, 5) is 28.9. The van der Waals surface area contributed by atoms with Crippen molar-refractivity contribution in [3.63, 3.8) is 0 Å². The van der Waals surface area contributed by atoms with Gasteiger partial charge in [-0.2, -0.15) is 0 Å². The van der Waals surface area contributed by atoms with Gasteiger partial charge >= 0.3 is 0 Å². The number of hydrogen-bond donors (Lipinski definition) is 1. The Morgan fingerprint density at radius 2 is 1.41 bits per heavy atom. The molecule has 3 aromatic rings. The van der Waals surface area contributed by atoms with Gasteiger partial charge in [0.15, 0.2) is 0 Å². The normalized spacial score (nSPS) is 12.2. The molecule has 1 N–H and O–H groups in total. The monoisotopic (exact) mass is 609 g/mol. The van der Waals surface area contributed by atoms with Gasteiger partial charge in [0, 0.05) is 34.6 Å². The van der Waals surface area contributed by atoms with E-state index in [0.29, 0.717) is 15.6 Å². The number of hydrogen-bond acceptors (Lipinski definition) is 4. The molecule has 3 aromatic carbocycles. The predicted octanol–water partition coefficient (Wildman–Crippen LogP) is 5.58. The van der Waals surface area contributed by atoms with Crippen LogP contribution in [0, 0.1) is 0 Å². The largest absolute Gasteiger partial charge is 0.352 e. The summed E-state index contributed by atoms with van der Waals surface area (Å²) in [6.07, 6.45) is 1.17. The molecular weight excluding hydrogens is 581 g/mol. The third kappa shape index (κ3) is 8.35. The van der Waals surface area contributed by atoms with Crippen LogP contribution in [0.25, 0.3) is 0 Å². The van der Waals surface area contributed by atoms with E-state index in [0.717, 1.165) is 16.1 Å². The number of carbonyl (C=O) groups is 2. The van der Waals surface area contributed by atoms with E-state index in [4.69, 9.17) is 34.8 Å². The lowest BCUT2D eigenvalue weighted by Crippen LogP contribution is -2.54. The van der Waals surface area contributed by atoms with E-state index in [1.165, 1.54) is 17.0 Å². The van der Waals surface area contributed by atoms with Crippen LogP contribution in [0.3, 0.4) is 0 Å². The van der Waals surface area contributed by atoms with E-state index < -0.39 is 34.4 Å². The van der Waals surface area contributed by atoms with Crippen LogP contribution in [0.1, 0.15) is 25.0 Å². The zero-order valence-corrected chi connectivity index (χ0v) is 24.9. The van der Waals surface area contributed by atoms with E-state index in [9.17, 15) is 18.0 Å². The predicted molar refractivity (Wildman–Crippen MR) is 158 cm³/mol. The Balaban J connectivity index is 2.11. The van der Waals surface area contributed by atoms with Crippen molar-refractivity contribution < 1.29 is 18.0 Å². The Morgan fingerprint density at radius 3 is 1.97 bits per heavy atom. The van der Waals surface area contributed by atoms with Crippen molar-refractivity contribution in [2.75, 3.05) is 17.1 Å². The molecular formula is C28H30Cl3N3O4S. The highest BCUT2D eigenvalue weighted by molar-refractivity contribution is 7.92. The van der Waals surface area contributed by atoms with Crippen molar-refractivity contribution in [2.24, 2.45) is 0 Å². The van der Waals surface area contributed by atoms with E-state index in [-0.39, 0.29) is 29.7 Å². The second kappa shape index (κ2) is 13.5. The number of anilines is 1. The fourth-order valence-electron chi connectivity index (χ4n) is 4.04. The van der Waals surface area contributed by atoms with Crippen LogP contribution in [-0.2, 0) is 32.6 Å². The van der Waals surface area contributed by atoms with Crippen LogP contribution >= 0.6 is 34.8 Å². The van der Waals surface area contributed by atoms with Crippen LogP contribution in [0.4, 0.5) is 5.69 Å². The molecule has 11 heteroatoms. The average molecular weight is 611 g/mol. The van der Waals surface area contributed by atoms with Crippen molar-refractivity contribution in [1.29, 1.82) is 0 Å². The second-order valence-electron chi connectivity index (χ2n) is 9.31. The highest BCUT2D eigenvalue weighted by atomic mass is 35.5. The second-order valence-corrected chi connectivity index (χ2v) is 12.4. The first-order chi connectivity index (χ1) is 18.4. The average Bonchev–Trinajstić information content (AvgIpc) is 2.86. The van der Waals surface area contributed by atoms with Gasteiger partial charge in [-0.25, -0.2) is 8.42 Å². The standard InChI is InChI=1S/C28H30Cl3N3O4S/c1-19(2)32-28(36)26(16-20-10-5-4-6-11-20)33(17-21-22(29)13-9-14-23(21)30)27(35)18-34(39(3,37)38)25-15-8-7-12-24(25)31/h4-15,19,26H,16-18H2,1-3H3,(H,32,36). The van der Waals surface area contributed by atoms with E-state index >= 15 is 0 Å². The SMILES string of the molecule is CC(C)NC(=O)C(Cc1ccccc1)N(Cc1c(Cl)cccc1Cl)C(=O)CN(c1ccccc1Cl)S(C)(=O)=O. The number of rotatable bonds is 11. The molecule has 0 radical (unpaired) electrons. The van der Waals surface area contributed by atoms with Gasteiger partial charge in [0.2, 0.25) is 21.8 Å². The smallest absolute Gasteiger partial charge is 0.244 e. The molecule has 0 saturated carbocycles. The maximum absolute atomic E-state index is 14.0. The van der Waals surface area contributed by atoms with Crippen molar-refractivity contribution in [1.82, 2.24) is 10.2 Å². The number of halogens is 3. The number of nitrogens with zero attached hydrogens (tertiary/aromatic N) is 2. The third-order valence-electron chi connectivity index (χ3n) is 5.89. The summed E-state index contributed by atoms with van der Waals surface area (Å²) < 4.78 is 26.6. The maximum Gasteiger partial charge on any atom is 0.244 e. The van der Waals surface area contributed by atoms with E-state index in [1.807, 2.05) is 44.2 Å². The van der Waals surface area contributed by atoms with Crippen LogP contribution in [0.2, 0.25) is 15.1 Å². The Labute approximate surface area is 244 Å². The minimum atomic E-state index is -3.93. The lowest BCUT2D eigenvalue weighted by atomic mass is 10.0. The fourth-order valence-corrected chi connectivity index (χ4v) is 5.70. The van der Waals surface area contributed by atoms with Crippen LogP contribution in [-0.4, -0.2) is 50.0 Å². The molecule has 2 amide bonds. The van der Waals surface area contributed by atoms with E-state index in [2.05, 4.69) is 5.32 Å². The van der Waals surface area contributed by atoms with Crippen molar-refractivity contribution in [3.8, 4) is 0 Å². The summed E-state index contributed by atoms with van der Waals surface area (Å²) in [5.41, 5.74) is 1.40. The molecule has 0 aliphatic heterocycles. The molecule has 1 atom stereocenters. The Hall–Kier alpha value is -2.78. The zero-order chi connectivity index (χ0) is 28.7. The van der Waals surface area contributed by atoms with Gasteiger partial charge in [-0.3, -0.25) is 13.9 Å². The number of para-hydroxylation sites is 1. The molecule has 208 valence electrons. The zero-order valence-electron chi connectivity index (χ0n) is 21.8. The molecule has 0 saturated heterocycles. The highest BCUT2D eigenvalue weighted by Gasteiger charge is 2.34. The quantitative estimate of drug-likeness (QED) is 0.307. The van der Waals surface area contributed by atoms with Gasteiger partial charge in [0.05, 0.1) is 17.0 Å². The van der Waals surface area contributed by atoms with Crippen molar-refractivity contribution >= 4 is 62.3 Å². The Bertz CT molecular complexity index is 1400. The molecule has 1 unspecified atom stereocenters. The summed E-state index contributed by atoms with van der Waals surface area (Å²) in [5.74, 6) is -1.02. The topological polar surface area (TPSA) is 86.8 Å². The summed E-state index contributed by atoms with van der Waals surface area (Å²) in [6.45, 7) is 2.92. The van der Waals surface area contributed by atoms with Crippen LogP contribution < -0.4 is 9.62 Å². The first-order valence-corrected chi connectivity index (χ1v) is 15.2. The molecule has 7 nitrogen and oxygen atoms in total. The molecule has 3 rings (SSSR count). The minimum absolute atomic E-state index is 0.125. The fraction of sp³-hybridized carbons (Fsp3) is 0.286. The molecule has 0 spiro atoms. The molecule has 0 heterocycles. The van der Waals surface area contributed by atoms with E-state index in [1.54, 1.807) is 30.3 Å². The summed E-state index contributed by atoms with van der Waals surface area (Å²) in [6, 6.07) is 19.3.